The highest BCUT2D eigenvalue weighted by atomic mass is 19.4. The molecule has 24 heavy (non-hydrogen) atoms. The average molecular weight is 348 g/mol. The fourth-order valence-electron chi connectivity index (χ4n) is 1.75. The number of nitrogens with zero attached hydrogens (tertiary/aromatic N) is 6. The number of aromatic nitrogens is 3. The fourth-order valence-corrected chi connectivity index (χ4v) is 1.75. The largest absolute Gasteiger partial charge is 0.491 e. The molecule has 12 nitrogen and oxygen atoms in total. The first-order valence-electron chi connectivity index (χ1n) is 5.63. The van der Waals surface area contributed by atoms with Crippen LogP contribution in [-0.4, -0.2) is 29.5 Å². The first-order valence-corrected chi connectivity index (χ1v) is 5.63. The first-order chi connectivity index (χ1) is 11.0. The molecule has 0 atom stereocenters. The van der Waals surface area contributed by atoms with E-state index in [1.807, 2.05) is 0 Å². The van der Waals surface area contributed by atoms with E-state index < -0.39 is 49.5 Å². The molecule has 1 heterocycles. The maximum atomic E-state index is 13.1. The van der Waals surface area contributed by atoms with Gasteiger partial charge in [-0.1, -0.05) is 4.98 Å². The van der Waals surface area contributed by atoms with Crippen LogP contribution in [-0.2, 0) is 6.18 Å². The van der Waals surface area contributed by atoms with Gasteiger partial charge in [0, 0.05) is 11.2 Å². The van der Waals surface area contributed by atoms with Gasteiger partial charge in [0.15, 0.2) is 5.69 Å². The Labute approximate surface area is 127 Å². The summed E-state index contributed by atoms with van der Waals surface area (Å²) in [5, 5.41) is 35.3. The molecule has 0 bridgehead atoms. The van der Waals surface area contributed by atoms with Crippen LogP contribution < -0.4 is 0 Å². The van der Waals surface area contributed by atoms with Gasteiger partial charge in [0.05, 0.1) is 21.5 Å². The van der Waals surface area contributed by atoms with Crippen LogP contribution in [0.5, 0.6) is 0 Å². The molecule has 2 aromatic rings. The Morgan fingerprint density at radius 1 is 1.00 bits per heavy atom. The Morgan fingerprint density at radius 2 is 1.62 bits per heavy atom. The molecule has 1 aromatic carbocycles. The number of halogens is 3. The quantitative estimate of drug-likeness (QED) is 0.599. The number of non-ortho nitro benzene ring substituents is 1. The van der Waals surface area contributed by atoms with Crippen LogP contribution in [0.15, 0.2) is 18.5 Å². The van der Waals surface area contributed by atoms with Crippen LogP contribution in [0.25, 0.3) is 5.69 Å². The normalized spacial score (nSPS) is 11.3. The highest BCUT2D eigenvalue weighted by Gasteiger charge is 2.41. The Balaban J connectivity index is 2.87. The van der Waals surface area contributed by atoms with Crippen LogP contribution in [0.3, 0.4) is 0 Å². The van der Waals surface area contributed by atoms with Crippen molar-refractivity contribution in [3.63, 3.8) is 0 Å². The van der Waals surface area contributed by atoms with Crippen LogP contribution in [0.2, 0.25) is 0 Å². The van der Waals surface area contributed by atoms with E-state index >= 15 is 0 Å². The molecule has 0 aliphatic carbocycles. The minimum absolute atomic E-state index is 0.0653. The van der Waals surface area contributed by atoms with Gasteiger partial charge in [0.25, 0.3) is 5.69 Å². The van der Waals surface area contributed by atoms with E-state index in [2.05, 4.69) is 10.1 Å². The Hall–Kier alpha value is -3.65. The predicted molar refractivity (Wildman–Crippen MR) is 66.3 cm³/mol. The summed E-state index contributed by atoms with van der Waals surface area (Å²) in [6.07, 6.45) is -4.77. The third kappa shape index (κ3) is 2.94. The number of hydrogen-bond donors (Lipinski definition) is 0. The van der Waals surface area contributed by atoms with Crippen molar-refractivity contribution in [2.45, 2.75) is 6.18 Å². The van der Waals surface area contributed by atoms with E-state index in [1.165, 1.54) is 0 Å². The second kappa shape index (κ2) is 5.52. The zero-order valence-corrected chi connectivity index (χ0v) is 11.0. The van der Waals surface area contributed by atoms with Crippen LogP contribution in [0, 0.1) is 30.3 Å². The van der Waals surface area contributed by atoms with E-state index in [-0.39, 0.29) is 16.8 Å². The second-order valence-electron chi connectivity index (χ2n) is 4.12. The molecule has 0 aliphatic rings. The number of alkyl halides is 3. The molecular formula is C9H3F3N6O6. The lowest BCUT2D eigenvalue weighted by molar-refractivity contribution is -0.395. The molecule has 0 amide bonds. The van der Waals surface area contributed by atoms with Crippen molar-refractivity contribution in [3.8, 4) is 5.69 Å². The molecule has 15 heteroatoms. The van der Waals surface area contributed by atoms with Crippen molar-refractivity contribution in [2.24, 2.45) is 0 Å². The molecular weight excluding hydrogens is 345 g/mol. The lowest BCUT2D eigenvalue weighted by Crippen LogP contribution is -2.14. The second-order valence-corrected chi connectivity index (χ2v) is 4.12. The van der Waals surface area contributed by atoms with E-state index in [4.69, 9.17) is 0 Å². The molecule has 0 radical (unpaired) electrons. The summed E-state index contributed by atoms with van der Waals surface area (Å²) in [7, 11) is 0. The summed E-state index contributed by atoms with van der Waals surface area (Å²) in [6, 6.07) is 0.355. The Morgan fingerprint density at radius 3 is 2.04 bits per heavy atom. The Bertz CT molecular complexity index is 862. The van der Waals surface area contributed by atoms with Crippen molar-refractivity contribution >= 4 is 17.3 Å². The summed E-state index contributed by atoms with van der Waals surface area (Å²) < 4.78 is 39.6. The van der Waals surface area contributed by atoms with E-state index in [0.29, 0.717) is 6.33 Å². The molecule has 0 saturated heterocycles. The zero-order valence-electron chi connectivity index (χ0n) is 11.0. The number of nitro groups is 3. The predicted octanol–water partition coefficient (Wildman–Crippen LogP) is 2.01. The maximum absolute atomic E-state index is 13.1. The summed E-state index contributed by atoms with van der Waals surface area (Å²) in [6.45, 7) is 0. The number of rotatable bonds is 4. The van der Waals surface area contributed by atoms with Gasteiger partial charge in [-0.05, 0) is 4.92 Å². The minimum atomic E-state index is -5.23. The van der Waals surface area contributed by atoms with Crippen molar-refractivity contribution in [1.82, 2.24) is 14.8 Å². The molecule has 0 spiro atoms. The highest BCUT2D eigenvalue weighted by Crippen LogP contribution is 2.40. The molecule has 0 N–H and O–H groups in total. The summed E-state index contributed by atoms with van der Waals surface area (Å²) in [5.41, 5.74) is -5.47. The minimum Gasteiger partial charge on any atom is -0.390 e. The molecule has 1 aromatic heterocycles. The van der Waals surface area contributed by atoms with E-state index in [0.717, 1.165) is 0 Å². The lowest BCUT2D eigenvalue weighted by Gasteiger charge is -2.11. The maximum Gasteiger partial charge on any atom is 0.491 e. The molecule has 126 valence electrons. The summed E-state index contributed by atoms with van der Waals surface area (Å²) in [4.78, 5) is 31.6. The molecule has 0 saturated carbocycles. The third-order valence-corrected chi connectivity index (χ3v) is 2.66. The standard InChI is InChI=1S/C9H3F3N6O6/c10-9(11,12)5-1-4(16(19)20)2-6(17(21)22)7(5)15-3-13-8(14-15)18(23)24/h1-3H. The van der Waals surface area contributed by atoms with Gasteiger partial charge >= 0.3 is 17.8 Å². The summed E-state index contributed by atoms with van der Waals surface area (Å²) >= 11 is 0. The van der Waals surface area contributed by atoms with Gasteiger partial charge in [-0.25, -0.2) is 0 Å². The fraction of sp³-hybridized carbons (Fsp3) is 0.111. The van der Waals surface area contributed by atoms with Gasteiger partial charge in [-0.3, -0.25) is 20.2 Å². The van der Waals surface area contributed by atoms with Crippen LogP contribution in [0.1, 0.15) is 5.56 Å². The molecule has 0 aliphatic heterocycles. The molecule has 2 rings (SSSR count). The SMILES string of the molecule is O=[N+]([O-])c1cc([N+](=O)[O-])c(-n2cnc([N+](=O)[O-])n2)c(C(F)(F)F)c1. The first kappa shape index (κ1) is 16.7. The van der Waals surface area contributed by atoms with Gasteiger partial charge in [0.2, 0.25) is 6.33 Å². The average Bonchev–Trinajstić information content (AvgIpc) is 2.94. The van der Waals surface area contributed by atoms with Crippen molar-refractivity contribution in [2.75, 3.05) is 0 Å². The topological polar surface area (TPSA) is 160 Å². The van der Waals surface area contributed by atoms with Crippen molar-refractivity contribution in [3.05, 3.63) is 54.4 Å². The van der Waals surface area contributed by atoms with Crippen LogP contribution >= 0.6 is 0 Å². The third-order valence-electron chi connectivity index (χ3n) is 2.66. The number of benzene rings is 1. The van der Waals surface area contributed by atoms with Gasteiger partial charge in [-0.2, -0.15) is 13.2 Å². The van der Waals surface area contributed by atoms with Gasteiger partial charge < -0.3 is 10.1 Å². The lowest BCUT2D eigenvalue weighted by atomic mass is 10.1. The molecule has 0 fully saturated rings. The smallest absolute Gasteiger partial charge is 0.390 e. The molecule has 0 unspecified atom stereocenters. The van der Waals surface area contributed by atoms with Gasteiger partial charge in [0.1, 0.15) is 0 Å². The van der Waals surface area contributed by atoms with Crippen molar-refractivity contribution < 1.29 is 27.9 Å². The van der Waals surface area contributed by atoms with Crippen molar-refractivity contribution in [1.29, 1.82) is 0 Å². The van der Waals surface area contributed by atoms with Crippen LogP contribution in [0.4, 0.5) is 30.5 Å². The van der Waals surface area contributed by atoms with E-state index in [1.54, 1.807) is 0 Å². The number of hydrogen-bond acceptors (Lipinski definition) is 8. The van der Waals surface area contributed by atoms with E-state index in [9.17, 15) is 43.5 Å². The highest BCUT2D eigenvalue weighted by molar-refractivity contribution is 5.63. The monoisotopic (exact) mass is 348 g/mol. The van der Waals surface area contributed by atoms with Gasteiger partial charge in [-0.15, -0.1) is 4.68 Å². The zero-order chi connectivity index (χ0) is 18.2. The summed E-state index contributed by atoms with van der Waals surface area (Å²) in [5.74, 6) is -1.10. The number of nitro benzene ring substituents is 2. The Kier molecular flexibility index (Phi) is 3.85.